The monoisotopic (exact) mass is 436 g/mol. The average molecular weight is 436 g/mol. The van der Waals surface area contributed by atoms with Gasteiger partial charge in [-0.05, 0) is 42.7 Å². The highest BCUT2D eigenvalue weighted by molar-refractivity contribution is 7.90. The van der Waals surface area contributed by atoms with Crippen molar-refractivity contribution in [2.45, 2.75) is 30.3 Å². The van der Waals surface area contributed by atoms with E-state index in [2.05, 4.69) is 19.8 Å². The van der Waals surface area contributed by atoms with Crippen LogP contribution in [0.15, 0.2) is 70.5 Å². The lowest BCUT2D eigenvalue weighted by atomic mass is 10.1. The van der Waals surface area contributed by atoms with Gasteiger partial charge in [-0.25, -0.2) is 9.67 Å². The summed E-state index contributed by atoms with van der Waals surface area (Å²) in [6.07, 6.45) is 4.54. The topological polar surface area (TPSA) is 110 Å². The van der Waals surface area contributed by atoms with Gasteiger partial charge in [-0.1, -0.05) is 24.3 Å². The molecule has 1 fully saturated rings. The third-order valence-electron chi connectivity index (χ3n) is 5.53. The normalized spacial score (nSPS) is 19.2. The molecule has 0 unspecified atom stereocenters. The van der Waals surface area contributed by atoms with Crippen molar-refractivity contribution in [1.82, 2.24) is 25.0 Å². The van der Waals surface area contributed by atoms with Crippen LogP contribution in [0.2, 0.25) is 0 Å². The molecule has 158 valence electrons. The van der Waals surface area contributed by atoms with E-state index in [4.69, 9.17) is 0 Å². The second kappa shape index (κ2) is 7.62. The number of rotatable bonds is 4. The molecule has 3 heterocycles. The number of likely N-dealkylation sites (tertiary alicyclic amines) is 1. The van der Waals surface area contributed by atoms with Gasteiger partial charge in [0.05, 0.1) is 5.69 Å². The van der Waals surface area contributed by atoms with Gasteiger partial charge in [0.25, 0.3) is 10.0 Å². The number of nitrogens with one attached hydrogen (secondary N) is 1. The van der Waals surface area contributed by atoms with E-state index < -0.39 is 16.1 Å². The molecule has 0 radical (unpaired) electrons. The van der Waals surface area contributed by atoms with Gasteiger partial charge < -0.3 is 10.2 Å². The van der Waals surface area contributed by atoms with E-state index in [1.54, 1.807) is 35.3 Å². The second-order valence-electron chi connectivity index (χ2n) is 7.46. The van der Waals surface area contributed by atoms with Gasteiger partial charge in [-0.15, -0.1) is 4.40 Å². The first-order valence-corrected chi connectivity index (χ1v) is 11.4. The van der Waals surface area contributed by atoms with E-state index in [0.717, 1.165) is 17.7 Å². The largest absolute Gasteiger partial charge is 0.350 e. The average Bonchev–Trinajstić information content (AvgIpc) is 3.52. The van der Waals surface area contributed by atoms with E-state index in [0.29, 0.717) is 30.9 Å². The lowest BCUT2D eigenvalue weighted by molar-refractivity contribution is -0.124. The Kier molecular flexibility index (Phi) is 4.78. The number of hydrogen-bond acceptors (Lipinski definition) is 6. The molecule has 1 atom stereocenters. The Labute approximate surface area is 179 Å². The summed E-state index contributed by atoms with van der Waals surface area (Å²) in [5.74, 6) is 0.229. The van der Waals surface area contributed by atoms with E-state index in [9.17, 15) is 13.2 Å². The van der Waals surface area contributed by atoms with Crippen molar-refractivity contribution in [2.75, 3.05) is 6.54 Å². The molecule has 1 saturated heterocycles. The molecule has 9 nitrogen and oxygen atoms in total. The van der Waals surface area contributed by atoms with E-state index in [-0.39, 0.29) is 10.8 Å². The maximum atomic E-state index is 12.9. The van der Waals surface area contributed by atoms with Crippen LogP contribution in [0, 0.1) is 0 Å². The predicted molar refractivity (Wildman–Crippen MR) is 113 cm³/mol. The zero-order valence-corrected chi connectivity index (χ0v) is 17.4. The summed E-state index contributed by atoms with van der Waals surface area (Å²) in [4.78, 5) is 18.9. The van der Waals surface area contributed by atoms with Crippen LogP contribution >= 0.6 is 0 Å². The summed E-state index contributed by atoms with van der Waals surface area (Å²) in [6.45, 7) is 0.968. The number of nitrogens with zero attached hydrogens (tertiary/aromatic N) is 5. The van der Waals surface area contributed by atoms with Gasteiger partial charge in [0.2, 0.25) is 5.91 Å². The van der Waals surface area contributed by atoms with Crippen molar-refractivity contribution >= 4 is 21.8 Å². The molecule has 31 heavy (non-hydrogen) atoms. The van der Waals surface area contributed by atoms with Crippen molar-refractivity contribution in [2.24, 2.45) is 4.40 Å². The summed E-state index contributed by atoms with van der Waals surface area (Å²) in [7, 11) is -3.72. The molecular formula is C21H20N6O3S. The molecule has 1 N–H and O–H groups in total. The molecule has 5 rings (SSSR count). The van der Waals surface area contributed by atoms with E-state index >= 15 is 0 Å². The number of aromatic nitrogens is 3. The first-order chi connectivity index (χ1) is 15.0. The Morgan fingerprint density at radius 2 is 1.94 bits per heavy atom. The third kappa shape index (κ3) is 3.59. The Morgan fingerprint density at radius 3 is 2.71 bits per heavy atom. The minimum Gasteiger partial charge on any atom is -0.350 e. The van der Waals surface area contributed by atoms with E-state index in [1.807, 2.05) is 29.2 Å². The minimum atomic E-state index is -3.72. The van der Waals surface area contributed by atoms with Crippen LogP contribution in [0.1, 0.15) is 24.0 Å². The number of carbonyl (C=O) groups excluding carboxylic acids is 1. The van der Waals surface area contributed by atoms with Gasteiger partial charge in [0, 0.05) is 18.7 Å². The Hall–Kier alpha value is -3.53. The Morgan fingerprint density at radius 1 is 1.13 bits per heavy atom. The molecule has 2 aliphatic heterocycles. The maximum Gasteiger partial charge on any atom is 0.285 e. The lowest BCUT2D eigenvalue weighted by Gasteiger charge is -2.25. The fourth-order valence-electron chi connectivity index (χ4n) is 4.00. The highest BCUT2D eigenvalue weighted by Gasteiger charge is 2.39. The van der Waals surface area contributed by atoms with Crippen molar-refractivity contribution in [3.8, 4) is 5.69 Å². The fourth-order valence-corrected chi connectivity index (χ4v) is 5.22. The van der Waals surface area contributed by atoms with Gasteiger partial charge in [0.1, 0.15) is 23.6 Å². The summed E-state index contributed by atoms with van der Waals surface area (Å²) in [5.41, 5.74) is 2.40. The van der Waals surface area contributed by atoms with Crippen LogP contribution in [0.4, 0.5) is 0 Å². The second-order valence-corrected chi connectivity index (χ2v) is 9.03. The zero-order valence-electron chi connectivity index (χ0n) is 16.5. The fraction of sp³-hybridized carbons (Fsp3) is 0.238. The number of amides is 1. The number of fused-ring (bicyclic) bond motifs is 1. The number of sulfonamides is 1. The summed E-state index contributed by atoms with van der Waals surface area (Å²) < 4.78 is 30.4. The van der Waals surface area contributed by atoms with Gasteiger partial charge in [0.15, 0.2) is 5.84 Å². The van der Waals surface area contributed by atoms with Crippen LogP contribution in [0.3, 0.4) is 0 Å². The van der Waals surface area contributed by atoms with Crippen molar-refractivity contribution < 1.29 is 13.2 Å². The SMILES string of the molecule is O=C(NCc1ccc(-n2cncn2)cc1)[C@@H]1CCCN1C1=NS(=O)(=O)c2ccccc21. The molecule has 0 spiro atoms. The highest BCUT2D eigenvalue weighted by Crippen LogP contribution is 2.31. The molecule has 0 saturated carbocycles. The molecular weight excluding hydrogens is 416 g/mol. The molecule has 2 aromatic carbocycles. The van der Waals surface area contributed by atoms with Gasteiger partial charge >= 0.3 is 0 Å². The molecule has 10 heteroatoms. The predicted octanol–water partition coefficient (Wildman–Crippen LogP) is 1.50. The number of hydrogen-bond donors (Lipinski definition) is 1. The van der Waals surface area contributed by atoms with Crippen LogP contribution in [0.25, 0.3) is 5.69 Å². The molecule has 1 aromatic heterocycles. The molecule has 3 aromatic rings. The van der Waals surface area contributed by atoms with Crippen LogP contribution in [-0.4, -0.2) is 52.4 Å². The van der Waals surface area contributed by atoms with Crippen LogP contribution in [-0.2, 0) is 21.4 Å². The quantitative estimate of drug-likeness (QED) is 0.664. The molecule has 0 aliphatic carbocycles. The van der Waals surface area contributed by atoms with Crippen LogP contribution < -0.4 is 5.32 Å². The van der Waals surface area contributed by atoms with Gasteiger partial charge in [-0.2, -0.15) is 13.5 Å². The zero-order chi connectivity index (χ0) is 21.4. The number of benzene rings is 2. The number of amidine groups is 1. The molecule has 2 aliphatic rings. The van der Waals surface area contributed by atoms with Crippen molar-refractivity contribution in [1.29, 1.82) is 0 Å². The Bertz CT molecular complexity index is 1250. The summed E-state index contributed by atoms with van der Waals surface area (Å²) in [6, 6.07) is 14.0. The first-order valence-electron chi connectivity index (χ1n) is 9.95. The first kappa shape index (κ1) is 19.4. The highest BCUT2D eigenvalue weighted by atomic mass is 32.2. The molecule has 0 bridgehead atoms. The van der Waals surface area contributed by atoms with E-state index in [1.165, 1.54) is 6.33 Å². The third-order valence-corrected chi connectivity index (χ3v) is 6.85. The summed E-state index contributed by atoms with van der Waals surface area (Å²) in [5, 5.41) is 7.06. The number of carbonyl (C=O) groups is 1. The standard InChI is InChI=1S/C21H20N6O3S/c28-21(23-12-15-7-9-16(10-8-15)27-14-22-13-24-27)18-5-3-11-26(18)20-17-4-1-2-6-19(17)31(29,30)25-20/h1-2,4,6-10,13-14,18H,3,5,11-12H2,(H,23,28)/t18-/m0/s1. The lowest BCUT2D eigenvalue weighted by Crippen LogP contribution is -2.45. The maximum absolute atomic E-state index is 12.9. The van der Waals surface area contributed by atoms with Crippen molar-refractivity contribution in [3.63, 3.8) is 0 Å². The smallest absolute Gasteiger partial charge is 0.285 e. The molecule has 1 amide bonds. The Balaban J connectivity index is 1.29. The minimum absolute atomic E-state index is 0.137. The van der Waals surface area contributed by atoms with Crippen LogP contribution in [0.5, 0.6) is 0 Å². The van der Waals surface area contributed by atoms with Crippen molar-refractivity contribution in [3.05, 3.63) is 72.3 Å². The van der Waals surface area contributed by atoms with Gasteiger partial charge in [-0.3, -0.25) is 4.79 Å². The summed E-state index contributed by atoms with van der Waals surface area (Å²) >= 11 is 0.